The molecule has 5 heteroatoms. The van der Waals surface area contributed by atoms with Crippen molar-refractivity contribution in [1.29, 1.82) is 0 Å². The van der Waals surface area contributed by atoms with Gasteiger partial charge in [0.05, 0.1) is 7.11 Å². The van der Waals surface area contributed by atoms with Gasteiger partial charge in [-0.15, -0.1) is 0 Å². The topological polar surface area (TPSA) is 49.8 Å². The fraction of sp³-hybridized carbons (Fsp3) is 0.611. The molecule has 1 saturated carbocycles. The third-order valence-corrected chi connectivity index (χ3v) is 7.05. The summed E-state index contributed by atoms with van der Waals surface area (Å²) in [6.45, 7) is 0.974. The van der Waals surface area contributed by atoms with Crippen molar-refractivity contribution in [2.75, 3.05) is 20.7 Å². The van der Waals surface area contributed by atoms with Gasteiger partial charge in [0, 0.05) is 34.3 Å². The van der Waals surface area contributed by atoms with Gasteiger partial charge in [0.15, 0.2) is 11.5 Å². The lowest BCUT2D eigenvalue weighted by molar-refractivity contribution is -0.127. The maximum absolute atomic E-state index is 12.3. The molecule has 1 heterocycles. The minimum Gasteiger partial charge on any atom is -0.504 e. The standard InChI is InChI=1S/C18H22BrNO3/c1-20-6-5-18-9-10(21)3-4-12(18)14(20)7-11-13(19)8-15(23-2)17(22)16(11)18/h8,12,14,22H,3-7,9H2,1-2H3/t12-,14+,18-/m1/s1. The van der Waals surface area contributed by atoms with Crippen molar-refractivity contribution in [1.82, 2.24) is 4.90 Å². The van der Waals surface area contributed by atoms with Crippen LogP contribution in [0.15, 0.2) is 10.5 Å². The number of fused-ring (bicyclic) bond motifs is 1. The van der Waals surface area contributed by atoms with E-state index >= 15 is 0 Å². The van der Waals surface area contributed by atoms with E-state index < -0.39 is 0 Å². The average molecular weight is 380 g/mol. The highest BCUT2D eigenvalue weighted by atomic mass is 79.9. The maximum atomic E-state index is 12.3. The summed E-state index contributed by atoms with van der Waals surface area (Å²) in [4.78, 5) is 14.8. The van der Waals surface area contributed by atoms with E-state index in [-0.39, 0.29) is 11.2 Å². The van der Waals surface area contributed by atoms with Crippen LogP contribution in [0.1, 0.15) is 36.8 Å². The van der Waals surface area contributed by atoms with Gasteiger partial charge >= 0.3 is 0 Å². The van der Waals surface area contributed by atoms with Crippen LogP contribution in [0.5, 0.6) is 11.5 Å². The summed E-state index contributed by atoms with van der Waals surface area (Å²) in [6.07, 6.45) is 4.02. The fourth-order valence-corrected chi connectivity index (χ4v) is 5.87. The third kappa shape index (κ3) is 2.02. The molecular weight excluding hydrogens is 358 g/mol. The van der Waals surface area contributed by atoms with Crippen molar-refractivity contribution >= 4 is 21.7 Å². The summed E-state index contributed by atoms with van der Waals surface area (Å²) in [7, 11) is 3.77. The first-order chi connectivity index (χ1) is 11.0. The molecule has 1 saturated heterocycles. The Balaban J connectivity index is 1.99. The number of methoxy groups -OCH3 is 1. The zero-order chi connectivity index (χ0) is 16.4. The van der Waals surface area contributed by atoms with Crippen molar-refractivity contribution in [2.45, 2.75) is 43.6 Å². The molecule has 2 fully saturated rings. The number of hydrogen-bond donors (Lipinski definition) is 1. The summed E-state index contributed by atoms with van der Waals surface area (Å²) in [5.41, 5.74) is 1.92. The van der Waals surface area contributed by atoms with Crippen LogP contribution in [0.4, 0.5) is 0 Å². The Morgan fingerprint density at radius 1 is 1.48 bits per heavy atom. The summed E-state index contributed by atoms with van der Waals surface area (Å²) in [5, 5.41) is 10.9. The molecule has 3 aliphatic rings. The maximum Gasteiger partial charge on any atom is 0.161 e. The summed E-state index contributed by atoms with van der Waals surface area (Å²) < 4.78 is 6.36. The van der Waals surface area contributed by atoms with Gasteiger partial charge < -0.3 is 14.7 Å². The molecule has 4 rings (SSSR count). The van der Waals surface area contributed by atoms with Gasteiger partial charge in [0.2, 0.25) is 0 Å². The number of piperidine rings is 1. The first-order valence-electron chi connectivity index (χ1n) is 8.28. The molecular formula is C18H22BrNO3. The van der Waals surface area contributed by atoms with Gasteiger partial charge in [0.25, 0.3) is 0 Å². The third-order valence-electron chi connectivity index (χ3n) is 6.35. The van der Waals surface area contributed by atoms with E-state index in [1.165, 1.54) is 0 Å². The van der Waals surface area contributed by atoms with Gasteiger partial charge in [0.1, 0.15) is 5.78 Å². The number of aromatic hydroxyl groups is 1. The molecule has 0 spiro atoms. The van der Waals surface area contributed by atoms with Crippen LogP contribution in [0.3, 0.4) is 0 Å². The van der Waals surface area contributed by atoms with E-state index in [0.29, 0.717) is 36.3 Å². The molecule has 4 nitrogen and oxygen atoms in total. The molecule has 124 valence electrons. The number of rotatable bonds is 1. The zero-order valence-electron chi connectivity index (χ0n) is 13.6. The molecule has 0 aromatic heterocycles. The first-order valence-corrected chi connectivity index (χ1v) is 9.08. The Labute approximate surface area is 144 Å². The number of ether oxygens (including phenoxy) is 1. The highest BCUT2D eigenvalue weighted by molar-refractivity contribution is 9.10. The van der Waals surface area contributed by atoms with Crippen molar-refractivity contribution < 1.29 is 14.6 Å². The molecule has 3 atom stereocenters. The van der Waals surface area contributed by atoms with Crippen LogP contribution in [0.2, 0.25) is 0 Å². The van der Waals surface area contributed by atoms with E-state index in [2.05, 4.69) is 27.9 Å². The van der Waals surface area contributed by atoms with Gasteiger partial charge in [-0.25, -0.2) is 0 Å². The molecule has 1 aliphatic heterocycles. The quantitative estimate of drug-likeness (QED) is 0.814. The minimum absolute atomic E-state index is 0.221. The lowest BCUT2D eigenvalue weighted by atomic mass is 9.52. The van der Waals surface area contributed by atoms with E-state index in [1.807, 2.05) is 6.07 Å². The normalized spacial score (nSPS) is 33.1. The Morgan fingerprint density at radius 2 is 2.26 bits per heavy atom. The molecule has 0 amide bonds. The van der Waals surface area contributed by atoms with E-state index in [1.54, 1.807) is 7.11 Å². The Hall–Kier alpha value is -1.07. The predicted octanol–water partition coefficient (Wildman–Crippen LogP) is 3.03. The van der Waals surface area contributed by atoms with Crippen molar-refractivity contribution in [3.05, 3.63) is 21.7 Å². The van der Waals surface area contributed by atoms with E-state index in [0.717, 1.165) is 41.4 Å². The predicted molar refractivity (Wildman–Crippen MR) is 91.1 cm³/mol. The van der Waals surface area contributed by atoms with Crippen LogP contribution < -0.4 is 4.74 Å². The second-order valence-corrected chi connectivity index (χ2v) is 8.14. The number of carbonyl (C=O) groups excluding carboxylic acids is 1. The van der Waals surface area contributed by atoms with Crippen LogP contribution in [0.25, 0.3) is 0 Å². The van der Waals surface area contributed by atoms with E-state index in [9.17, 15) is 9.90 Å². The first kappa shape index (κ1) is 15.5. The second-order valence-electron chi connectivity index (χ2n) is 7.28. The Kier molecular flexibility index (Phi) is 3.50. The summed E-state index contributed by atoms with van der Waals surface area (Å²) in [5.74, 6) is 1.51. The molecule has 23 heavy (non-hydrogen) atoms. The second kappa shape index (κ2) is 5.21. The molecule has 2 bridgehead atoms. The molecule has 2 aliphatic carbocycles. The number of likely N-dealkylation sites (N-methyl/N-ethyl adjacent to an activating group) is 1. The van der Waals surface area contributed by atoms with Crippen LogP contribution >= 0.6 is 15.9 Å². The minimum atomic E-state index is -0.221. The molecule has 0 unspecified atom stereocenters. The largest absolute Gasteiger partial charge is 0.504 e. The summed E-state index contributed by atoms with van der Waals surface area (Å²) in [6, 6.07) is 2.30. The summed E-state index contributed by atoms with van der Waals surface area (Å²) >= 11 is 3.67. The van der Waals surface area contributed by atoms with Gasteiger partial charge in [-0.05, 0) is 50.4 Å². The number of hydrogen-bond acceptors (Lipinski definition) is 4. The Bertz CT molecular complexity index is 689. The van der Waals surface area contributed by atoms with Crippen LogP contribution in [0, 0.1) is 5.92 Å². The molecule has 1 aromatic carbocycles. The van der Waals surface area contributed by atoms with E-state index in [4.69, 9.17) is 4.74 Å². The monoisotopic (exact) mass is 379 g/mol. The fourth-order valence-electron chi connectivity index (χ4n) is 5.30. The number of nitrogens with zero attached hydrogens (tertiary/aromatic N) is 1. The van der Waals surface area contributed by atoms with Crippen molar-refractivity contribution in [3.63, 3.8) is 0 Å². The highest BCUT2D eigenvalue weighted by Crippen LogP contribution is 2.59. The number of benzene rings is 1. The number of halogens is 1. The van der Waals surface area contributed by atoms with Crippen LogP contribution in [-0.4, -0.2) is 42.5 Å². The highest BCUT2D eigenvalue weighted by Gasteiger charge is 2.56. The number of phenolic OH excluding ortho intramolecular Hbond substituents is 1. The van der Waals surface area contributed by atoms with Crippen molar-refractivity contribution in [2.24, 2.45) is 5.92 Å². The van der Waals surface area contributed by atoms with Crippen molar-refractivity contribution in [3.8, 4) is 11.5 Å². The number of phenols is 1. The number of Topliss-reactive ketones (excluding diaryl/α,β-unsaturated/α-hetero) is 1. The SMILES string of the molecule is COc1cc(Br)c2c(c1O)[C@@]13CCN(C)[C@@H](C2)[C@H]1CCC(=O)C3. The van der Waals surface area contributed by atoms with Gasteiger partial charge in [-0.1, -0.05) is 15.9 Å². The molecule has 1 aromatic rings. The van der Waals surface area contributed by atoms with Gasteiger partial charge in [-0.2, -0.15) is 0 Å². The lowest BCUT2D eigenvalue weighted by Crippen LogP contribution is -2.61. The van der Waals surface area contributed by atoms with Gasteiger partial charge in [-0.3, -0.25) is 4.79 Å². The number of ketones is 1. The Morgan fingerprint density at radius 3 is 3.00 bits per heavy atom. The lowest BCUT2D eigenvalue weighted by Gasteiger charge is -2.58. The smallest absolute Gasteiger partial charge is 0.161 e. The number of likely N-dealkylation sites (tertiary alicyclic amines) is 1. The van der Waals surface area contributed by atoms with Crippen LogP contribution in [-0.2, 0) is 16.6 Å². The number of carbonyl (C=O) groups is 1. The zero-order valence-corrected chi connectivity index (χ0v) is 15.1. The molecule has 0 radical (unpaired) electrons. The molecule has 1 N–H and O–H groups in total. The average Bonchev–Trinajstić information content (AvgIpc) is 2.53.